The Hall–Kier alpha value is -2.49. The minimum atomic E-state index is -1.67. The van der Waals surface area contributed by atoms with Crippen molar-refractivity contribution in [3.63, 3.8) is 0 Å². The normalized spacial score (nSPS) is 11.0. The Balaban J connectivity index is 2.18. The Labute approximate surface area is 122 Å². The number of rotatable bonds is 3. The molecule has 3 nitrogen and oxygen atoms in total. The van der Waals surface area contributed by atoms with Crippen LogP contribution in [0.2, 0.25) is 0 Å². The number of aliphatic hydroxyl groups is 2. The van der Waals surface area contributed by atoms with Crippen molar-refractivity contribution in [2.24, 2.45) is 0 Å². The Bertz CT molecular complexity index is 801. The third-order valence-corrected chi connectivity index (χ3v) is 3.52. The minimum Gasteiger partial charge on any atom is -0.364 e. The number of benzene rings is 3. The van der Waals surface area contributed by atoms with Gasteiger partial charge in [0, 0.05) is 16.7 Å². The number of ketones is 1. The molecule has 104 valence electrons. The maximum Gasteiger partial charge on any atom is 0.194 e. The maximum atomic E-state index is 12.8. The average Bonchev–Trinajstić information content (AvgIpc) is 2.53. The second-order valence-electron chi connectivity index (χ2n) is 4.82. The summed E-state index contributed by atoms with van der Waals surface area (Å²) < 4.78 is 0. The van der Waals surface area contributed by atoms with E-state index in [4.69, 9.17) is 0 Å². The van der Waals surface area contributed by atoms with Crippen LogP contribution < -0.4 is 0 Å². The summed E-state index contributed by atoms with van der Waals surface area (Å²) in [6, 6.07) is 19.7. The van der Waals surface area contributed by atoms with Gasteiger partial charge in [-0.25, -0.2) is 0 Å². The fraction of sp³-hybridized carbons (Fsp3) is 0.0556. The molecular weight excluding hydrogens is 264 g/mol. The van der Waals surface area contributed by atoms with E-state index in [1.807, 2.05) is 36.4 Å². The third-order valence-electron chi connectivity index (χ3n) is 3.52. The standard InChI is InChI=1S/C18H14O3/c19-17(15-9-3-4-10-16(15)18(20)21)14-11-5-7-12-6-1-2-8-13(12)14/h1-11,18,20-21H. The van der Waals surface area contributed by atoms with Gasteiger partial charge in [0.05, 0.1) is 0 Å². The molecule has 0 unspecified atom stereocenters. The lowest BCUT2D eigenvalue weighted by atomic mass is 9.94. The van der Waals surface area contributed by atoms with Crippen LogP contribution in [-0.2, 0) is 0 Å². The van der Waals surface area contributed by atoms with Crippen molar-refractivity contribution < 1.29 is 15.0 Å². The minimum absolute atomic E-state index is 0.212. The molecule has 0 amide bonds. The molecule has 0 fully saturated rings. The number of hydrogen-bond acceptors (Lipinski definition) is 3. The second-order valence-corrected chi connectivity index (χ2v) is 4.82. The fourth-order valence-corrected chi connectivity index (χ4v) is 2.50. The molecule has 0 aliphatic heterocycles. The second kappa shape index (κ2) is 5.48. The van der Waals surface area contributed by atoms with Crippen molar-refractivity contribution in [3.8, 4) is 0 Å². The predicted octanol–water partition coefficient (Wildman–Crippen LogP) is 3.05. The van der Waals surface area contributed by atoms with Crippen LogP contribution >= 0.6 is 0 Å². The molecule has 0 spiro atoms. The third kappa shape index (κ3) is 2.44. The zero-order chi connectivity index (χ0) is 14.8. The number of carbonyl (C=O) groups excluding carboxylic acids is 1. The first-order chi connectivity index (χ1) is 10.2. The van der Waals surface area contributed by atoms with E-state index in [0.29, 0.717) is 11.1 Å². The molecule has 0 radical (unpaired) electrons. The molecule has 0 atom stereocenters. The van der Waals surface area contributed by atoms with Crippen LogP contribution in [0.1, 0.15) is 27.8 Å². The van der Waals surface area contributed by atoms with Crippen LogP contribution in [0.5, 0.6) is 0 Å². The maximum absolute atomic E-state index is 12.8. The first-order valence-corrected chi connectivity index (χ1v) is 6.66. The SMILES string of the molecule is O=C(c1ccccc1C(O)O)c1cccc2ccccc12. The molecule has 0 aliphatic rings. The smallest absolute Gasteiger partial charge is 0.194 e. The number of carbonyl (C=O) groups is 1. The van der Waals surface area contributed by atoms with Crippen LogP contribution in [0.3, 0.4) is 0 Å². The van der Waals surface area contributed by atoms with Gasteiger partial charge in [-0.05, 0) is 10.8 Å². The molecule has 3 aromatic carbocycles. The highest BCUT2D eigenvalue weighted by Gasteiger charge is 2.18. The summed E-state index contributed by atoms with van der Waals surface area (Å²) in [6.07, 6.45) is -1.67. The van der Waals surface area contributed by atoms with E-state index in [-0.39, 0.29) is 11.3 Å². The molecule has 0 aromatic heterocycles. The molecule has 3 heteroatoms. The summed E-state index contributed by atoms with van der Waals surface area (Å²) in [4.78, 5) is 12.8. The van der Waals surface area contributed by atoms with Gasteiger partial charge in [-0.3, -0.25) is 4.79 Å². The van der Waals surface area contributed by atoms with E-state index in [1.54, 1.807) is 30.3 Å². The summed E-state index contributed by atoms with van der Waals surface area (Å²) in [5.41, 5.74) is 1.08. The topological polar surface area (TPSA) is 57.5 Å². The summed E-state index contributed by atoms with van der Waals surface area (Å²) >= 11 is 0. The fourth-order valence-electron chi connectivity index (χ4n) is 2.50. The summed E-state index contributed by atoms with van der Waals surface area (Å²) in [7, 11) is 0. The molecule has 2 N–H and O–H groups in total. The highest BCUT2D eigenvalue weighted by Crippen LogP contribution is 2.24. The quantitative estimate of drug-likeness (QED) is 0.572. The molecule has 0 saturated heterocycles. The van der Waals surface area contributed by atoms with Crippen LogP contribution in [0.4, 0.5) is 0 Å². The van der Waals surface area contributed by atoms with Crippen molar-refractivity contribution in [3.05, 3.63) is 83.4 Å². The molecule has 0 aliphatic carbocycles. The van der Waals surface area contributed by atoms with Crippen LogP contribution in [-0.4, -0.2) is 16.0 Å². The Morgan fingerprint density at radius 3 is 2.19 bits per heavy atom. The van der Waals surface area contributed by atoms with Crippen molar-refractivity contribution in [2.75, 3.05) is 0 Å². The van der Waals surface area contributed by atoms with Crippen LogP contribution in [0.25, 0.3) is 10.8 Å². The molecule has 0 heterocycles. The van der Waals surface area contributed by atoms with Gasteiger partial charge >= 0.3 is 0 Å². The predicted molar refractivity (Wildman–Crippen MR) is 81.0 cm³/mol. The molecule has 0 saturated carbocycles. The summed E-state index contributed by atoms with van der Waals surface area (Å²) in [5.74, 6) is -0.212. The van der Waals surface area contributed by atoms with Crippen molar-refractivity contribution in [1.82, 2.24) is 0 Å². The summed E-state index contributed by atoms with van der Waals surface area (Å²) in [5, 5.41) is 20.7. The van der Waals surface area contributed by atoms with E-state index >= 15 is 0 Å². The van der Waals surface area contributed by atoms with Gasteiger partial charge in [0.2, 0.25) is 0 Å². The first kappa shape index (κ1) is 13.5. The molecule has 3 aromatic rings. The lowest BCUT2D eigenvalue weighted by Crippen LogP contribution is -2.09. The highest BCUT2D eigenvalue weighted by molar-refractivity contribution is 6.17. The van der Waals surface area contributed by atoms with E-state index < -0.39 is 6.29 Å². The van der Waals surface area contributed by atoms with Gasteiger partial charge in [0.15, 0.2) is 12.1 Å². The average molecular weight is 278 g/mol. The Morgan fingerprint density at radius 1 is 0.762 bits per heavy atom. The van der Waals surface area contributed by atoms with Crippen LogP contribution in [0, 0.1) is 0 Å². The van der Waals surface area contributed by atoms with Gasteiger partial charge in [0.25, 0.3) is 0 Å². The zero-order valence-corrected chi connectivity index (χ0v) is 11.2. The van der Waals surface area contributed by atoms with Crippen molar-refractivity contribution >= 4 is 16.6 Å². The largest absolute Gasteiger partial charge is 0.364 e. The van der Waals surface area contributed by atoms with E-state index in [9.17, 15) is 15.0 Å². The summed E-state index contributed by atoms with van der Waals surface area (Å²) in [6.45, 7) is 0. The van der Waals surface area contributed by atoms with E-state index in [2.05, 4.69) is 0 Å². The molecular formula is C18H14O3. The number of aliphatic hydroxyl groups excluding tert-OH is 1. The van der Waals surface area contributed by atoms with Gasteiger partial charge in [-0.2, -0.15) is 0 Å². The monoisotopic (exact) mass is 278 g/mol. The van der Waals surface area contributed by atoms with Crippen LogP contribution in [0.15, 0.2) is 66.7 Å². The van der Waals surface area contributed by atoms with Gasteiger partial charge in [-0.15, -0.1) is 0 Å². The lowest BCUT2D eigenvalue weighted by molar-refractivity contribution is -0.0428. The van der Waals surface area contributed by atoms with E-state index in [0.717, 1.165) is 10.8 Å². The molecule has 0 bridgehead atoms. The number of fused-ring (bicyclic) bond motifs is 1. The first-order valence-electron chi connectivity index (χ1n) is 6.66. The van der Waals surface area contributed by atoms with Gasteiger partial charge in [0.1, 0.15) is 0 Å². The zero-order valence-electron chi connectivity index (χ0n) is 11.2. The van der Waals surface area contributed by atoms with Gasteiger partial charge in [-0.1, -0.05) is 66.7 Å². The lowest BCUT2D eigenvalue weighted by Gasteiger charge is -2.11. The van der Waals surface area contributed by atoms with Crippen molar-refractivity contribution in [2.45, 2.75) is 6.29 Å². The Kier molecular flexibility index (Phi) is 3.52. The molecule has 21 heavy (non-hydrogen) atoms. The van der Waals surface area contributed by atoms with Gasteiger partial charge < -0.3 is 10.2 Å². The van der Waals surface area contributed by atoms with Crippen molar-refractivity contribution in [1.29, 1.82) is 0 Å². The molecule has 3 rings (SSSR count). The van der Waals surface area contributed by atoms with E-state index in [1.165, 1.54) is 0 Å². The highest BCUT2D eigenvalue weighted by atomic mass is 16.5. The number of hydrogen-bond donors (Lipinski definition) is 2. The Morgan fingerprint density at radius 2 is 1.38 bits per heavy atom.